The van der Waals surface area contributed by atoms with Gasteiger partial charge in [0.15, 0.2) is 0 Å². The van der Waals surface area contributed by atoms with Crippen LogP contribution in [0, 0.1) is 5.82 Å². The fraction of sp³-hybridized carbons (Fsp3) is 0.200. The number of hydrogen-bond donors (Lipinski definition) is 1. The second-order valence-corrected chi connectivity index (χ2v) is 4.43. The minimum Gasteiger partial charge on any atom is -0.472 e. The van der Waals surface area contributed by atoms with E-state index in [9.17, 15) is 4.39 Å². The van der Waals surface area contributed by atoms with Gasteiger partial charge in [0.2, 0.25) is 5.88 Å². The van der Waals surface area contributed by atoms with E-state index in [4.69, 9.17) is 4.74 Å². The Morgan fingerprint density at radius 1 is 1.20 bits per heavy atom. The minimum absolute atomic E-state index is 0.253. The number of nitrogens with one attached hydrogen (secondary N) is 1. The van der Waals surface area contributed by atoms with Gasteiger partial charge in [0.25, 0.3) is 0 Å². The Kier molecular flexibility index (Phi) is 3.58. The van der Waals surface area contributed by atoms with E-state index in [2.05, 4.69) is 15.3 Å². The van der Waals surface area contributed by atoms with Crippen LogP contribution in [0.5, 0.6) is 5.88 Å². The Balaban J connectivity index is 1.75. The van der Waals surface area contributed by atoms with Crippen LogP contribution >= 0.6 is 0 Å². The SMILES string of the molecule is Fc1ccc(COc2ncccc2C2=NCCN2)cc1. The van der Waals surface area contributed by atoms with Gasteiger partial charge >= 0.3 is 0 Å². The van der Waals surface area contributed by atoms with Crippen LogP contribution in [0.15, 0.2) is 47.6 Å². The van der Waals surface area contributed by atoms with Gasteiger partial charge in [0.1, 0.15) is 18.3 Å². The third kappa shape index (κ3) is 2.77. The molecule has 102 valence electrons. The van der Waals surface area contributed by atoms with Gasteiger partial charge in [-0.05, 0) is 29.8 Å². The number of amidine groups is 1. The van der Waals surface area contributed by atoms with Gasteiger partial charge in [0.05, 0.1) is 12.1 Å². The first-order valence-corrected chi connectivity index (χ1v) is 6.44. The van der Waals surface area contributed by atoms with E-state index in [0.29, 0.717) is 12.5 Å². The maximum Gasteiger partial charge on any atom is 0.224 e. The maximum absolute atomic E-state index is 12.8. The molecular weight excluding hydrogens is 257 g/mol. The van der Waals surface area contributed by atoms with Crippen molar-refractivity contribution >= 4 is 5.84 Å². The Labute approximate surface area is 116 Å². The number of benzene rings is 1. The first kappa shape index (κ1) is 12.6. The topological polar surface area (TPSA) is 46.5 Å². The van der Waals surface area contributed by atoms with Crippen LogP contribution in [0.3, 0.4) is 0 Å². The fourth-order valence-electron chi connectivity index (χ4n) is 2.00. The van der Waals surface area contributed by atoms with Crippen molar-refractivity contribution in [2.45, 2.75) is 6.61 Å². The molecule has 3 rings (SSSR count). The molecule has 0 unspecified atom stereocenters. The summed E-state index contributed by atoms with van der Waals surface area (Å²) in [5.74, 6) is 1.09. The zero-order chi connectivity index (χ0) is 13.8. The van der Waals surface area contributed by atoms with Crippen LogP contribution in [0.4, 0.5) is 4.39 Å². The van der Waals surface area contributed by atoms with Gasteiger partial charge in [0, 0.05) is 12.7 Å². The van der Waals surface area contributed by atoms with E-state index in [0.717, 1.165) is 30.1 Å². The van der Waals surface area contributed by atoms with Crippen LogP contribution < -0.4 is 10.1 Å². The first-order valence-electron chi connectivity index (χ1n) is 6.44. The highest BCUT2D eigenvalue weighted by atomic mass is 19.1. The smallest absolute Gasteiger partial charge is 0.224 e. The molecule has 0 radical (unpaired) electrons. The number of pyridine rings is 1. The summed E-state index contributed by atoms with van der Waals surface area (Å²) in [7, 11) is 0. The van der Waals surface area contributed by atoms with Gasteiger partial charge < -0.3 is 10.1 Å². The van der Waals surface area contributed by atoms with E-state index in [1.165, 1.54) is 12.1 Å². The second kappa shape index (κ2) is 5.69. The van der Waals surface area contributed by atoms with Crippen LogP contribution in [0.25, 0.3) is 0 Å². The van der Waals surface area contributed by atoms with Crippen LogP contribution in [-0.4, -0.2) is 23.9 Å². The number of ether oxygens (including phenoxy) is 1. The molecule has 0 amide bonds. The van der Waals surface area contributed by atoms with Crippen molar-refractivity contribution in [3.63, 3.8) is 0 Å². The number of halogens is 1. The monoisotopic (exact) mass is 271 g/mol. The molecule has 2 aromatic rings. The van der Waals surface area contributed by atoms with E-state index < -0.39 is 0 Å². The molecule has 0 bridgehead atoms. The average molecular weight is 271 g/mol. The van der Waals surface area contributed by atoms with Gasteiger partial charge in [-0.25, -0.2) is 9.37 Å². The number of hydrogen-bond acceptors (Lipinski definition) is 4. The first-order chi connectivity index (χ1) is 9.83. The maximum atomic E-state index is 12.8. The summed E-state index contributed by atoms with van der Waals surface area (Å²) < 4.78 is 18.6. The van der Waals surface area contributed by atoms with Gasteiger partial charge in [-0.3, -0.25) is 4.99 Å². The molecule has 0 saturated carbocycles. The zero-order valence-electron chi connectivity index (χ0n) is 10.8. The molecule has 5 heteroatoms. The lowest BCUT2D eigenvalue weighted by Crippen LogP contribution is -2.20. The number of rotatable bonds is 4. The molecule has 4 nitrogen and oxygen atoms in total. The molecule has 1 aliphatic rings. The van der Waals surface area contributed by atoms with Crippen molar-refractivity contribution in [3.05, 3.63) is 59.5 Å². The Morgan fingerprint density at radius 3 is 2.80 bits per heavy atom. The molecular formula is C15H14FN3O. The standard InChI is InChI=1S/C15H14FN3O/c16-12-5-3-11(4-6-12)10-20-15-13(2-1-7-19-15)14-17-8-9-18-14/h1-7H,8-10H2,(H,17,18). The summed E-state index contributed by atoms with van der Waals surface area (Å²) in [6, 6.07) is 10.0. The summed E-state index contributed by atoms with van der Waals surface area (Å²) in [5.41, 5.74) is 1.75. The highest BCUT2D eigenvalue weighted by molar-refractivity contribution is 6.01. The van der Waals surface area contributed by atoms with E-state index in [1.807, 2.05) is 12.1 Å². The zero-order valence-corrected chi connectivity index (χ0v) is 10.8. The van der Waals surface area contributed by atoms with E-state index in [-0.39, 0.29) is 5.82 Å². The van der Waals surface area contributed by atoms with Crippen LogP contribution in [0.2, 0.25) is 0 Å². The van der Waals surface area contributed by atoms with E-state index in [1.54, 1.807) is 18.3 Å². The summed E-state index contributed by atoms with van der Waals surface area (Å²) in [6.45, 7) is 1.95. The lowest BCUT2D eigenvalue weighted by Gasteiger charge is -2.10. The van der Waals surface area contributed by atoms with Crippen molar-refractivity contribution in [2.75, 3.05) is 13.1 Å². The highest BCUT2D eigenvalue weighted by Gasteiger charge is 2.14. The Bertz CT molecular complexity index is 625. The summed E-state index contributed by atoms with van der Waals surface area (Å²) in [5, 5.41) is 3.20. The summed E-state index contributed by atoms with van der Waals surface area (Å²) in [4.78, 5) is 8.61. The number of nitrogens with zero attached hydrogens (tertiary/aromatic N) is 2. The van der Waals surface area contributed by atoms with Crippen molar-refractivity contribution in [3.8, 4) is 5.88 Å². The average Bonchev–Trinajstić information content (AvgIpc) is 3.01. The predicted molar refractivity (Wildman–Crippen MR) is 74.4 cm³/mol. The predicted octanol–water partition coefficient (Wildman–Crippen LogP) is 2.15. The molecule has 0 atom stereocenters. The lowest BCUT2D eigenvalue weighted by atomic mass is 10.2. The minimum atomic E-state index is -0.253. The number of aromatic nitrogens is 1. The lowest BCUT2D eigenvalue weighted by molar-refractivity contribution is 0.293. The summed E-state index contributed by atoms with van der Waals surface area (Å²) >= 11 is 0. The second-order valence-electron chi connectivity index (χ2n) is 4.43. The van der Waals surface area contributed by atoms with Crippen molar-refractivity contribution in [1.82, 2.24) is 10.3 Å². The molecule has 1 aliphatic heterocycles. The van der Waals surface area contributed by atoms with Gasteiger partial charge in [-0.2, -0.15) is 0 Å². The van der Waals surface area contributed by atoms with Gasteiger partial charge in [-0.1, -0.05) is 12.1 Å². The van der Waals surface area contributed by atoms with Crippen molar-refractivity contribution in [2.24, 2.45) is 4.99 Å². The Hall–Kier alpha value is -2.43. The molecule has 2 heterocycles. The van der Waals surface area contributed by atoms with E-state index >= 15 is 0 Å². The Morgan fingerprint density at radius 2 is 2.05 bits per heavy atom. The third-order valence-corrected chi connectivity index (χ3v) is 2.99. The molecule has 0 saturated heterocycles. The highest BCUT2D eigenvalue weighted by Crippen LogP contribution is 2.17. The molecule has 20 heavy (non-hydrogen) atoms. The molecule has 1 aromatic heterocycles. The third-order valence-electron chi connectivity index (χ3n) is 2.99. The molecule has 0 aliphatic carbocycles. The molecule has 0 spiro atoms. The van der Waals surface area contributed by atoms with Gasteiger partial charge in [-0.15, -0.1) is 0 Å². The van der Waals surface area contributed by atoms with Crippen molar-refractivity contribution < 1.29 is 9.13 Å². The molecule has 0 fully saturated rings. The summed E-state index contributed by atoms with van der Waals surface area (Å²) in [6.07, 6.45) is 1.68. The number of aliphatic imine (C=N–C) groups is 1. The fourth-order valence-corrected chi connectivity index (χ4v) is 2.00. The quantitative estimate of drug-likeness (QED) is 0.926. The normalized spacial score (nSPS) is 13.8. The largest absolute Gasteiger partial charge is 0.472 e. The van der Waals surface area contributed by atoms with Crippen LogP contribution in [-0.2, 0) is 6.61 Å². The van der Waals surface area contributed by atoms with Crippen molar-refractivity contribution in [1.29, 1.82) is 0 Å². The molecule has 1 aromatic carbocycles. The molecule has 1 N–H and O–H groups in total. The van der Waals surface area contributed by atoms with Crippen LogP contribution in [0.1, 0.15) is 11.1 Å².